The van der Waals surface area contributed by atoms with E-state index in [-0.39, 0.29) is 0 Å². The third-order valence-electron chi connectivity index (χ3n) is 1.16. The number of carbonyl (C=O) groups is 1. The fraction of sp³-hybridized carbons (Fsp3) is 0.889. The van der Waals surface area contributed by atoms with Crippen molar-refractivity contribution in [3.05, 3.63) is 0 Å². The van der Waals surface area contributed by atoms with Crippen LogP contribution in [0.1, 0.15) is 27.7 Å². The molecule has 0 aliphatic heterocycles. The molecule has 0 aromatic rings. The summed E-state index contributed by atoms with van der Waals surface area (Å²) in [6.07, 6.45) is 0.532. The highest BCUT2D eigenvalue weighted by atomic mass is 17.0. The summed E-state index contributed by atoms with van der Waals surface area (Å²) in [4.78, 5) is 20.5. The van der Waals surface area contributed by atoms with E-state index in [9.17, 15) is 4.79 Å². The molecule has 0 aromatic heterocycles. The summed E-state index contributed by atoms with van der Waals surface area (Å²) in [7, 11) is 0. The molecule has 0 N–H and O–H groups in total. The Kier molecular flexibility index (Phi) is 6.54. The second-order valence-electron chi connectivity index (χ2n) is 3.77. The molecule has 0 saturated heterocycles. The fourth-order valence-corrected chi connectivity index (χ4v) is 0.543. The number of hydrogen-bond donors (Lipinski definition) is 0. The lowest BCUT2D eigenvalue weighted by atomic mass is 10.2. The molecular weight excluding hydrogens is 170 g/mol. The van der Waals surface area contributed by atoms with Gasteiger partial charge in [0, 0.05) is 0 Å². The van der Waals surface area contributed by atoms with Crippen molar-refractivity contribution in [2.45, 2.75) is 27.7 Å². The lowest BCUT2D eigenvalue weighted by Crippen LogP contribution is -2.26. The SMILES string of the molecule is CC(C)CON(C=O)OCC(C)C. The summed E-state index contributed by atoms with van der Waals surface area (Å²) in [6, 6.07) is 0. The van der Waals surface area contributed by atoms with Gasteiger partial charge in [0.05, 0.1) is 13.2 Å². The first-order valence-corrected chi connectivity index (χ1v) is 4.56. The van der Waals surface area contributed by atoms with Gasteiger partial charge in [-0.1, -0.05) is 32.9 Å². The molecule has 0 rings (SSSR count). The van der Waals surface area contributed by atoms with Crippen LogP contribution in [0.2, 0.25) is 0 Å². The van der Waals surface area contributed by atoms with Crippen molar-refractivity contribution in [1.29, 1.82) is 0 Å². The van der Waals surface area contributed by atoms with E-state index >= 15 is 0 Å². The molecule has 4 heteroatoms. The first kappa shape index (κ1) is 12.4. The summed E-state index contributed by atoms with van der Waals surface area (Å²) in [6.45, 7) is 8.99. The van der Waals surface area contributed by atoms with Crippen molar-refractivity contribution in [1.82, 2.24) is 5.23 Å². The number of carbonyl (C=O) groups excluding carboxylic acids is 1. The molecule has 0 unspecified atom stereocenters. The van der Waals surface area contributed by atoms with Gasteiger partial charge >= 0.3 is 0 Å². The van der Waals surface area contributed by atoms with E-state index < -0.39 is 0 Å². The molecule has 4 nitrogen and oxygen atoms in total. The van der Waals surface area contributed by atoms with Crippen LogP contribution in [0.5, 0.6) is 0 Å². The minimum Gasteiger partial charge on any atom is -0.274 e. The Balaban J connectivity index is 3.57. The van der Waals surface area contributed by atoms with Crippen LogP contribution < -0.4 is 0 Å². The third kappa shape index (κ3) is 7.74. The van der Waals surface area contributed by atoms with Crippen LogP contribution in [-0.2, 0) is 14.5 Å². The maximum absolute atomic E-state index is 10.4. The Morgan fingerprint density at radius 2 is 1.46 bits per heavy atom. The van der Waals surface area contributed by atoms with Gasteiger partial charge in [0.2, 0.25) is 0 Å². The molecular formula is C9H19NO3. The van der Waals surface area contributed by atoms with Gasteiger partial charge in [-0.15, -0.1) is 0 Å². The van der Waals surface area contributed by atoms with Crippen LogP contribution in [0.15, 0.2) is 0 Å². The van der Waals surface area contributed by atoms with Crippen LogP contribution in [0, 0.1) is 11.8 Å². The fourth-order valence-electron chi connectivity index (χ4n) is 0.543. The lowest BCUT2D eigenvalue weighted by molar-refractivity contribution is -0.339. The highest BCUT2D eigenvalue weighted by Crippen LogP contribution is 1.99. The Hall–Kier alpha value is -0.610. The molecule has 0 heterocycles. The van der Waals surface area contributed by atoms with Gasteiger partial charge in [-0.3, -0.25) is 4.79 Å². The summed E-state index contributed by atoms with van der Waals surface area (Å²) in [5, 5.41) is 0.889. The van der Waals surface area contributed by atoms with E-state index in [1.165, 1.54) is 0 Å². The summed E-state index contributed by atoms with van der Waals surface area (Å²) >= 11 is 0. The van der Waals surface area contributed by atoms with Crippen molar-refractivity contribution in [2.24, 2.45) is 11.8 Å². The molecule has 0 radical (unpaired) electrons. The van der Waals surface area contributed by atoms with Gasteiger partial charge in [0.15, 0.2) is 0 Å². The maximum Gasteiger partial charge on any atom is 0.261 e. The molecule has 0 atom stereocenters. The zero-order valence-corrected chi connectivity index (χ0v) is 8.82. The summed E-state index contributed by atoms with van der Waals surface area (Å²) in [5.41, 5.74) is 0. The van der Waals surface area contributed by atoms with E-state index in [4.69, 9.17) is 9.68 Å². The standard InChI is InChI=1S/C9H19NO3/c1-8(2)5-12-10(7-11)13-6-9(3)4/h7-9H,5-6H2,1-4H3. The van der Waals surface area contributed by atoms with Gasteiger partial charge in [-0.25, -0.2) is 9.68 Å². The predicted octanol–water partition coefficient (Wildman–Crippen LogP) is 1.62. The highest BCUT2D eigenvalue weighted by molar-refractivity contribution is 5.43. The minimum atomic E-state index is 0.380. The van der Waals surface area contributed by atoms with E-state index in [2.05, 4.69) is 0 Å². The van der Waals surface area contributed by atoms with Crippen molar-refractivity contribution in [3.8, 4) is 0 Å². The molecule has 0 spiro atoms. The third-order valence-corrected chi connectivity index (χ3v) is 1.16. The number of hydroxylamine groups is 2. The van der Waals surface area contributed by atoms with Gasteiger partial charge in [-0.05, 0) is 11.8 Å². The van der Waals surface area contributed by atoms with Crippen LogP contribution in [-0.4, -0.2) is 24.9 Å². The predicted molar refractivity (Wildman–Crippen MR) is 49.5 cm³/mol. The molecule has 13 heavy (non-hydrogen) atoms. The molecule has 0 fully saturated rings. The lowest BCUT2D eigenvalue weighted by Gasteiger charge is -2.18. The van der Waals surface area contributed by atoms with Crippen molar-refractivity contribution >= 4 is 6.41 Å². The first-order valence-electron chi connectivity index (χ1n) is 4.56. The largest absolute Gasteiger partial charge is 0.274 e. The second kappa shape index (κ2) is 6.86. The molecule has 0 aliphatic rings. The van der Waals surface area contributed by atoms with Crippen LogP contribution in [0.4, 0.5) is 0 Å². The topological polar surface area (TPSA) is 38.8 Å². The Labute approximate surface area is 79.7 Å². The van der Waals surface area contributed by atoms with E-state index in [0.29, 0.717) is 31.5 Å². The number of rotatable bonds is 7. The van der Waals surface area contributed by atoms with E-state index in [1.807, 2.05) is 27.7 Å². The van der Waals surface area contributed by atoms with E-state index in [0.717, 1.165) is 5.23 Å². The molecule has 0 aromatic carbocycles. The quantitative estimate of drug-likeness (QED) is 0.451. The van der Waals surface area contributed by atoms with Crippen LogP contribution >= 0.6 is 0 Å². The van der Waals surface area contributed by atoms with Gasteiger partial charge in [0.1, 0.15) is 0 Å². The van der Waals surface area contributed by atoms with Gasteiger partial charge in [-0.2, -0.15) is 0 Å². The summed E-state index contributed by atoms with van der Waals surface area (Å²) in [5.74, 6) is 0.759. The Morgan fingerprint density at radius 3 is 1.69 bits per heavy atom. The Bertz CT molecular complexity index is 125. The Morgan fingerprint density at radius 1 is 1.08 bits per heavy atom. The van der Waals surface area contributed by atoms with Crippen molar-refractivity contribution in [2.75, 3.05) is 13.2 Å². The van der Waals surface area contributed by atoms with Crippen LogP contribution in [0.25, 0.3) is 0 Å². The maximum atomic E-state index is 10.4. The molecule has 1 amide bonds. The monoisotopic (exact) mass is 189 g/mol. The average Bonchev–Trinajstić information content (AvgIpc) is 2.04. The van der Waals surface area contributed by atoms with Gasteiger partial charge in [0.25, 0.3) is 6.41 Å². The molecule has 0 saturated carbocycles. The average molecular weight is 189 g/mol. The molecule has 0 aliphatic carbocycles. The number of amides is 1. The van der Waals surface area contributed by atoms with Gasteiger partial charge < -0.3 is 0 Å². The first-order chi connectivity index (χ1) is 6.06. The number of hydrogen-bond acceptors (Lipinski definition) is 3. The highest BCUT2D eigenvalue weighted by Gasteiger charge is 2.05. The zero-order valence-electron chi connectivity index (χ0n) is 8.82. The van der Waals surface area contributed by atoms with E-state index in [1.54, 1.807) is 0 Å². The molecule has 0 bridgehead atoms. The van der Waals surface area contributed by atoms with Crippen molar-refractivity contribution in [3.63, 3.8) is 0 Å². The smallest absolute Gasteiger partial charge is 0.261 e. The molecule has 78 valence electrons. The normalized spacial score (nSPS) is 10.9. The minimum absolute atomic E-state index is 0.380. The zero-order chi connectivity index (χ0) is 10.3. The second-order valence-corrected chi connectivity index (χ2v) is 3.77. The summed E-state index contributed by atoms with van der Waals surface area (Å²) < 4.78 is 0. The van der Waals surface area contributed by atoms with Crippen molar-refractivity contribution < 1.29 is 14.5 Å². The number of nitrogens with zero attached hydrogens (tertiary/aromatic N) is 1. The van der Waals surface area contributed by atoms with Crippen LogP contribution in [0.3, 0.4) is 0 Å².